The van der Waals surface area contributed by atoms with Gasteiger partial charge in [0.05, 0.1) is 11.4 Å². The molecular formula is C11H17N7O2S. The lowest BCUT2D eigenvalue weighted by atomic mass is 10.2. The minimum atomic E-state index is -3.89. The fraction of sp³-hybridized carbons (Fsp3) is 0.455. The number of hydrogen-bond acceptors (Lipinski definition) is 7. The molecule has 2 aromatic rings. The molecule has 0 aromatic carbocycles. The van der Waals surface area contributed by atoms with Crippen LogP contribution in [0.3, 0.4) is 0 Å². The molecule has 0 aliphatic carbocycles. The second-order valence-corrected chi connectivity index (χ2v) is 6.04. The zero-order valence-corrected chi connectivity index (χ0v) is 12.8. The molecule has 3 N–H and O–H groups in total. The molecule has 0 radical (unpaired) electrons. The van der Waals surface area contributed by atoms with Crippen molar-refractivity contribution in [2.24, 2.45) is 7.05 Å². The van der Waals surface area contributed by atoms with Crippen molar-refractivity contribution in [3.8, 4) is 0 Å². The molecular weight excluding hydrogens is 294 g/mol. The lowest BCUT2D eigenvalue weighted by Gasteiger charge is -2.07. The smallest absolute Gasteiger partial charge is 0.269 e. The van der Waals surface area contributed by atoms with Gasteiger partial charge in [0.25, 0.3) is 16.0 Å². The molecule has 9 nitrogen and oxygen atoms in total. The molecule has 0 fully saturated rings. The summed E-state index contributed by atoms with van der Waals surface area (Å²) in [6, 6.07) is 0. The Bertz CT molecular complexity index is 754. The van der Waals surface area contributed by atoms with Gasteiger partial charge in [-0.1, -0.05) is 13.8 Å². The van der Waals surface area contributed by atoms with E-state index in [9.17, 15) is 8.42 Å². The number of rotatable bonds is 5. The van der Waals surface area contributed by atoms with Crippen molar-refractivity contribution in [3.63, 3.8) is 0 Å². The summed E-state index contributed by atoms with van der Waals surface area (Å²) in [5.41, 5.74) is 7.04. The summed E-state index contributed by atoms with van der Waals surface area (Å²) in [4.78, 5) is 4.06. The summed E-state index contributed by atoms with van der Waals surface area (Å²) >= 11 is 0. The van der Waals surface area contributed by atoms with Crippen molar-refractivity contribution in [1.82, 2.24) is 25.0 Å². The van der Waals surface area contributed by atoms with Crippen LogP contribution in [0.4, 0.5) is 11.8 Å². The molecule has 2 heterocycles. The molecule has 114 valence electrons. The van der Waals surface area contributed by atoms with Crippen LogP contribution in [0.5, 0.6) is 0 Å². The van der Waals surface area contributed by atoms with Crippen molar-refractivity contribution in [1.29, 1.82) is 0 Å². The number of hydrogen-bond donors (Lipinski definition) is 2. The minimum Gasteiger partial charge on any atom is -0.381 e. The zero-order chi connectivity index (χ0) is 15.6. The standard InChI is InChI=1S/C11H17N7O2S/c1-4-7-8(5-2)14-15-11(13-7)17-21(19,20)9-6-18(3)16-10(9)12/h6H,4-5H2,1-3H3,(H2,12,16)(H,13,15,17). The summed E-state index contributed by atoms with van der Waals surface area (Å²) < 4.78 is 28.1. The Labute approximate surface area is 122 Å². The average molecular weight is 311 g/mol. The van der Waals surface area contributed by atoms with Crippen LogP contribution in [-0.2, 0) is 29.9 Å². The van der Waals surface area contributed by atoms with Crippen molar-refractivity contribution < 1.29 is 8.42 Å². The second-order valence-electron chi connectivity index (χ2n) is 4.39. The third kappa shape index (κ3) is 3.10. The van der Waals surface area contributed by atoms with Crippen LogP contribution in [0.15, 0.2) is 11.1 Å². The first-order valence-electron chi connectivity index (χ1n) is 6.41. The van der Waals surface area contributed by atoms with E-state index in [2.05, 4.69) is 25.0 Å². The molecule has 10 heteroatoms. The number of nitrogen functional groups attached to an aromatic ring is 1. The number of nitrogens with zero attached hydrogens (tertiary/aromatic N) is 5. The predicted molar refractivity (Wildman–Crippen MR) is 77.0 cm³/mol. The maximum atomic E-state index is 12.2. The maximum absolute atomic E-state index is 12.2. The van der Waals surface area contributed by atoms with E-state index in [1.54, 1.807) is 7.05 Å². The number of aromatic nitrogens is 5. The Morgan fingerprint density at radius 2 is 1.90 bits per heavy atom. The summed E-state index contributed by atoms with van der Waals surface area (Å²) in [6.45, 7) is 3.85. The van der Waals surface area contributed by atoms with E-state index >= 15 is 0 Å². The van der Waals surface area contributed by atoms with E-state index in [-0.39, 0.29) is 16.7 Å². The van der Waals surface area contributed by atoms with Crippen LogP contribution in [0.2, 0.25) is 0 Å². The SMILES string of the molecule is CCc1nnc(NS(=O)(=O)c2cn(C)nc2N)nc1CC. The molecule has 2 aromatic heterocycles. The molecule has 0 aliphatic rings. The van der Waals surface area contributed by atoms with E-state index in [0.29, 0.717) is 18.5 Å². The first-order chi connectivity index (χ1) is 9.87. The highest BCUT2D eigenvalue weighted by Gasteiger charge is 2.22. The highest BCUT2D eigenvalue weighted by molar-refractivity contribution is 7.92. The lowest BCUT2D eigenvalue weighted by molar-refractivity contribution is 0.600. The lowest BCUT2D eigenvalue weighted by Crippen LogP contribution is -2.17. The van der Waals surface area contributed by atoms with Crippen LogP contribution in [-0.4, -0.2) is 33.4 Å². The van der Waals surface area contributed by atoms with Crippen LogP contribution >= 0.6 is 0 Å². The van der Waals surface area contributed by atoms with Crippen LogP contribution in [0.1, 0.15) is 25.2 Å². The fourth-order valence-corrected chi connectivity index (χ4v) is 2.89. The fourth-order valence-electron chi connectivity index (χ4n) is 1.85. The highest BCUT2D eigenvalue weighted by atomic mass is 32.2. The van der Waals surface area contributed by atoms with Gasteiger partial charge < -0.3 is 5.73 Å². The number of nitrogens with two attached hydrogens (primary N) is 1. The van der Waals surface area contributed by atoms with Gasteiger partial charge in [0.1, 0.15) is 4.90 Å². The van der Waals surface area contributed by atoms with Crippen LogP contribution in [0, 0.1) is 0 Å². The molecule has 0 unspecified atom stereocenters. The van der Waals surface area contributed by atoms with Gasteiger partial charge in [0.15, 0.2) is 5.82 Å². The van der Waals surface area contributed by atoms with Crippen molar-refractivity contribution in [3.05, 3.63) is 17.6 Å². The monoisotopic (exact) mass is 311 g/mol. The third-order valence-corrected chi connectivity index (χ3v) is 4.19. The Kier molecular flexibility index (Phi) is 4.07. The van der Waals surface area contributed by atoms with E-state index < -0.39 is 10.0 Å². The first kappa shape index (κ1) is 15.2. The van der Waals surface area contributed by atoms with Crippen molar-refractivity contribution in [2.45, 2.75) is 31.6 Å². The second kappa shape index (κ2) is 5.64. The molecule has 0 amide bonds. The van der Waals surface area contributed by atoms with E-state index in [1.165, 1.54) is 10.9 Å². The van der Waals surface area contributed by atoms with Gasteiger partial charge >= 0.3 is 0 Å². The Hall–Kier alpha value is -2.23. The van der Waals surface area contributed by atoms with Crippen LogP contribution < -0.4 is 10.5 Å². The van der Waals surface area contributed by atoms with Gasteiger partial charge in [-0.25, -0.2) is 18.1 Å². The van der Waals surface area contributed by atoms with E-state index in [0.717, 1.165) is 5.69 Å². The zero-order valence-electron chi connectivity index (χ0n) is 12.0. The molecule has 2 rings (SSSR count). The molecule has 0 aliphatic heterocycles. The molecule has 0 saturated carbocycles. The molecule has 0 spiro atoms. The molecule has 0 bridgehead atoms. The summed E-state index contributed by atoms with van der Waals surface area (Å²) in [5, 5.41) is 11.6. The Morgan fingerprint density at radius 1 is 1.24 bits per heavy atom. The van der Waals surface area contributed by atoms with Crippen LogP contribution in [0.25, 0.3) is 0 Å². The number of nitrogens with one attached hydrogen (secondary N) is 1. The van der Waals surface area contributed by atoms with Crippen molar-refractivity contribution in [2.75, 3.05) is 10.5 Å². The topological polar surface area (TPSA) is 129 Å². The predicted octanol–water partition coefficient (Wildman–Crippen LogP) is 0.113. The van der Waals surface area contributed by atoms with Gasteiger partial charge in [-0.3, -0.25) is 4.68 Å². The summed E-state index contributed by atoms with van der Waals surface area (Å²) in [7, 11) is -2.31. The van der Waals surface area contributed by atoms with Gasteiger partial charge in [-0.05, 0) is 12.8 Å². The quantitative estimate of drug-likeness (QED) is 0.801. The maximum Gasteiger partial charge on any atom is 0.269 e. The van der Waals surface area contributed by atoms with Gasteiger partial charge in [-0.15, -0.1) is 10.2 Å². The Morgan fingerprint density at radius 3 is 2.43 bits per heavy atom. The summed E-state index contributed by atoms with van der Waals surface area (Å²) in [6.07, 6.45) is 2.64. The summed E-state index contributed by atoms with van der Waals surface area (Å²) in [5.74, 6) is -0.161. The number of aryl methyl sites for hydroxylation is 3. The first-order valence-corrected chi connectivity index (χ1v) is 7.90. The Balaban J connectivity index is 2.35. The normalized spacial score (nSPS) is 11.6. The van der Waals surface area contributed by atoms with E-state index in [4.69, 9.17) is 5.73 Å². The molecule has 21 heavy (non-hydrogen) atoms. The number of anilines is 2. The van der Waals surface area contributed by atoms with Gasteiger partial charge in [0, 0.05) is 13.2 Å². The highest BCUT2D eigenvalue weighted by Crippen LogP contribution is 2.18. The van der Waals surface area contributed by atoms with Gasteiger partial charge in [0.2, 0.25) is 0 Å². The van der Waals surface area contributed by atoms with E-state index in [1.807, 2.05) is 13.8 Å². The van der Waals surface area contributed by atoms with Gasteiger partial charge in [-0.2, -0.15) is 5.10 Å². The molecule has 0 saturated heterocycles. The third-order valence-electron chi connectivity index (χ3n) is 2.85. The molecule has 0 atom stereocenters. The average Bonchev–Trinajstić information content (AvgIpc) is 2.78. The number of sulfonamides is 1. The van der Waals surface area contributed by atoms with Crippen molar-refractivity contribution >= 4 is 21.8 Å². The largest absolute Gasteiger partial charge is 0.381 e. The minimum absolute atomic E-state index is 0.0766.